The molecule has 5 heteroatoms. The van der Waals surface area contributed by atoms with Gasteiger partial charge in [-0.15, -0.1) is 0 Å². The molecule has 1 saturated heterocycles. The first-order valence-corrected chi connectivity index (χ1v) is 9.20. The molecule has 0 bridgehead atoms. The lowest BCUT2D eigenvalue weighted by atomic mass is 9.95. The van der Waals surface area contributed by atoms with Gasteiger partial charge in [-0.2, -0.15) is 0 Å². The summed E-state index contributed by atoms with van der Waals surface area (Å²) in [6, 6.07) is 5.72. The smallest absolute Gasteiger partial charge is 0.225 e. The van der Waals surface area contributed by atoms with Gasteiger partial charge in [-0.05, 0) is 62.4 Å². The molecule has 3 nitrogen and oxygen atoms in total. The Morgan fingerprint density at radius 2 is 1.91 bits per heavy atom. The van der Waals surface area contributed by atoms with Crippen molar-refractivity contribution in [3.8, 4) is 0 Å². The minimum absolute atomic E-state index is 0.326. The van der Waals surface area contributed by atoms with Gasteiger partial charge in [0.15, 0.2) is 0 Å². The molecule has 0 unspecified atom stereocenters. The molecule has 1 aromatic carbocycles. The van der Waals surface area contributed by atoms with Gasteiger partial charge in [0.1, 0.15) is 0 Å². The van der Waals surface area contributed by atoms with Crippen LogP contribution in [0.4, 0.5) is 0 Å². The summed E-state index contributed by atoms with van der Waals surface area (Å²) in [5.74, 6) is 1.30. The lowest BCUT2D eigenvalue weighted by Gasteiger charge is -2.34. The van der Waals surface area contributed by atoms with Gasteiger partial charge in [-0.3, -0.25) is 9.69 Å². The number of piperidine rings is 1. The third kappa shape index (κ3) is 4.62. The Labute approximate surface area is 148 Å². The Bertz CT molecular complexity index is 566. The number of rotatable bonds is 5. The number of carbonyl (C=O) groups is 1. The van der Waals surface area contributed by atoms with Gasteiger partial charge in [0.2, 0.25) is 5.91 Å². The third-order valence-corrected chi connectivity index (χ3v) is 5.54. The second-order valence-electron chi connectivity index (χ2n) is 6.95. The molecular weight excluding hydrogens is 331 g/mol. The van der Waals surface area contributed by atoms with Gasteiger partial charge < -0.3 is 4.90 Å². The summed E-state index contributed by atoms with van der Waals surface area (Å²) in [6.07, 6.45) is 4.47. The molecule has 1 aliphatic carbocycles. The van der Waals surface area contributed by atoms with Crippen LogP contribution in [0.25, 0.3) is 0 Å². The minimum Gasteiger partial charge on any atom is -0.345 e. The monoisotopic (exact) mass is 354 g/mol. The molecule has 1 aromatic rings. The number of benzene rings is 1. The molecule has 0 aromatic heterocycles. The zero-order valence-electron chi connectivity index (χ0n) is 13.6. The summed E-state index contributed by atoms with van der Waals surface area (Å²) < 4.78 is 0. The van der Waals surface area contributed by atoms with Gasteiger partial charge >= 0.3 is 0 Å². The molecule has 23 heavy (non-hydrogen) atoms. The first-order chi connectivity index (χ1) is 11.0. The maximum absolute atomic E-state index is 12.0. The highest BCUT2D eigenvalue weighted by Gasteiger charge is 2.33. The number of likely N-dealkylation sites (tertiary alicyclic amines) is 1. The first kappa shape index (κ1) is 17.1. The maximum Gasteiger partial charge on any atom is 0.225 e. The zero-order chi connectivity index (χ0) is 16.4. The van der Waals surface area contributed by atoms with Crippen molar-refractivity contribution >= 4 is 29.1 Å². The van der Waals surface area contributed by atoms with Crippen LogP contribution in [0.2, 0.25) is 10.0 Å². The van der Waals surface area contributed by atoms with Crippen LogP contribution in [-0.4, -0.2) is 42.4 Å². The van der Waals surface area contributed by atoms with E-state index in [1.165, 1.54) is 0 Å². The fraction of sp³-hybridized carbons (Fsp3) is 0.611. The third-order valence-electron chi connectivity index (χ3n) is 4.95. The quantitative estimate of drug-likeness (QED) is 0.795. The molecule has 3 rings (SSSR count). The van der Waals surface area contributed by atoms with Crippen molar-refractivity contribution in [1.82, 2.24) is 9.80 Å². The Kier molecular flexibility index (Phi) is 5.50. The summed E-state index contributed by atoms with van der Waals surface area (Å²) in [4.78, 5) is 16.4. The highest BCUT2D eigenvalue weighted by Crippen LogP contribution is 2.31. The van der Waals surface area contributed by atoms with Crippen LogP contribution in [0.3, 0.4) is 0 Å². The summed E-state index contributed by atoms with van der Waals surface area (Å²) in [7, 11) is 1.96. The van der Waals surface area contributed by atoms with Crippen LogP contribution in [0.15, 0.2) is 18.2 Å². The topological polar surface area (TPSA) is 23.6 Å². The van der Waals surface area contributed by atoms with Crippen molar-refractivity contribution < 1.29 is 4.79 Å². The molecule has 0 atom stereocenters. The van der Waals surface area contributed by atoms with Crippen LogP contribution >= 0.6 is 23.2 Å². The van der Waals surface area contributed by atoms with E-state index >= 15 is 0 Å². The molecule has 126 valence electrons. The largest absolute Gasteiger partial charge is 0.345 e. The second-order valence-corrected chi connectivity index (χ2v) is 7.79. The SMILES string of the molecule is CN(CC1CCN(Cc2ccc(Cl)cc2Cl)CC1)C(=O)C1CC1. The molecule has 2 fully saturated rings. The number of hydrogen-bond acceptors (Lipinski definition) is 2. The Balaban J connectivity index is 1.45. The number of nitrogens with zero attached hydrogens (tertiary/aromatic N) is 2. The molecule has 1 aliphatic heterocycles. The number of amides is 1. The molecule has 0 radical (unpaired) electrons. The Hall–Kier alpha value is -0.770. The van der Waals surface area contributed by atoms with Crippen molar-refractivity contribution in [2.75, 3.05) is 26.7 Å². The fourth-order valence-electron chi connectivity index (χ4n) is 3.34. The zero-order valence-corrected chi connectivity index (χ0v) is 15.1. The second kappa shape index (κ2) is 7.42. The van der Waals surface area contributed by atoms with Crippen LogP contribution in [0.5, 0.6) is 0 Å². The highest BCUT2D eigenvalue weighted by molar-refractivity contribution is 6.35. The van der Waals surface area contributed by atoms with E-state index in [1.807, 2.05) is 30.1 Å². The van der Waals surface area contributed by atoms with Crippen molar-refractivity contribution in [2.45, 2.75) is 32.2 Å². The highest BCUT2D eigenvalue weighted by atomic mass is 35.5. The van der Waals surface area contributed by atoms with E-state index in [0.717, 1.165) is 62.4 Å². The van der Waals surface area contributed by atoms with E-state index < -0.39 is 0 Å². The maximum atomic E-state index is 12.0. The summed E-state index contributed by atoms with van der Waals surface area (Å²) in [6.45, 7) is 3.91. The van der Waals surface area contributed by atoms with Crippen LogP contribution in [0, 0.1) is 11.8 Å². The first-order valence-electron chi connectivity index (χ1n) is 8.44. The fourth-order valence-corrected chi connectivity index (χ4v) is 3.81. The Morgan fingerprint density at radius 3 is 2.52 bits per heavy atom. The number of carbonyl (C=O) groups excluding carboxylic acids is 1. The van der Waals surface area contributed by atoms with Gasteiger partial charge in [0, 0.05) is 36.1 Å². The van der Waals surface area contributed by atoms with Crippen LogP contribution in [-0.2, 0) is 11.3 Å². The standard InChI is InChI=1S/C18H24Cl2N2O/c1-21(18(23)14-2-3-14)11-13-6-8-22(9-7-13)12-15-4-5-16(19)10-17(15)20/h4-5,10,13-14H,2-3,6-9,11-12H2,1H3. The van der Waals surface area contributed by atoms with Crippen LogP contribution < -0.4 is 0 Å². The van der Waals surface area contributed by atoms with E-state index in [4.69, 9.17) is 23.2 Å². The van der Waals surface area contributed by atoms with Crippen molar-refractivity contribution in [3.05, 3.63) is 33.8 Å². The minimum atomic E-state index is 0.326. The summed E-state index contributed by atoms with van der Waals surface area (Å²) >= 11 is 12.2. The van der Waals surface area contributed by atoms with E-state index in [1.54, 1.807) is 0 Å². The number of hydrogen-bond donors (Lipinski definition) is 0. The lowest BCUT2D eigenvalue weighted by Crippen LogP contribution is -2.39. The molecular formula is C18H24Cl2N2O. The van der Waals surface area contributed by atoms with Gasteiger partial charge in [-0.25, -0.2) is 0 Å². The van der Waals surface area contributed by atoms with E-state index in [2.05, 4.69) is 4.90 Å². The predicted molar refractivity (Wildman–Crippen MR) is 94.8 cm³/mol. The van der Waals surface area contributed by atoms with E-state index in [-0.39, 0.29) is 0 Å². The molecule has 1 heterocycles. The lowest BCUT2D eigenvalue weighted by molar-refractivity contribution is -0.132. The average molecular weight is 355 g/mol. The number of halogens is 2. The average Bonchev–Trinajstić information content (AvgIpc) is 3.36. The van der Waals surface area contributed by atoms with E-state index in [0.29, 0.717) is 22.8 Å². The normalized spacial score (nSPS) is 19.8. The van der Waals surface area contributed by atoms with Crippen molar-refractivity contribution in [2.24, 2.45) is 11.8 Å². The van der Waals surface area contributed by atoms with Crippen molar-refractivity contribution in [1.29, 1.82) is 0 Å². The van der Waals surface area contributed by atoms with Gasteiger partial charge in [0.05, 0.1) is 0 Å². The molecule has 2 aliphatic rings. The van der Waals surface area contributed by atoms with Gasteiger partial charge in [-0.1, -0.05) is 29.3 Å². The van der Waals surface area contributed by atoms with Crippen LogP contribution in [0.1, 0.15) is 31.2 Å². The molecule has 0 spiro atoms. The van der Waals surface area contributed by atoms with Crippen molar-refractivity contribution in [3.63, 3.8) is 0 Å². The molecule has 1 saturated carbocycles. The van der Waals surface area contributed by atoms with Gasteiger partial charge in [0.25, 0.3) is 0 Å². The van der Waals surface area contributed by atoms with E-state index in [9.17, 15) is 4.79 Å². The predicted octanol–water partition coefficient (Wildman–Crippen LogP) is 4.07. The summed E-state index contributed by atoms with van der Waals surface area (Å²) in [5.41, 5.74) is 1.13. The molecule has 0 N–H and O–H groups in total. The Morgan fingerprint density at radius 1 is 1.22 bits per heavy atom. The molecule has 1 amide bonds. The summed E-state index contributed by atoms with van der Waals surface area (Å²) in [5, 5.41) is 1.43.